The van der Waals surface area contributed by atoms with Gasteiger partial charge in [0.05, 0.1) is 0 Å². The number of rotatable bonds is 4. The monoisotopic (exact) mass is 381 g/mol. The van der Waals surface area contributed by atoms with Crippen molar-refractivity contribution < 1.29 is 9.59 Å². The second-order valence-electron chi connectivity index (χ2n) is 7.78. The number of nitrogens with zero attached hydrogens (tertiary/aromatic N) is 5. The van der Waals surface area contributed by atoms with Gasteiger partial charge in [-0.25, -0.2) is 4.98 Å². The van der Waals surface area contributed by atoms with Gasteiger partial charge in [-0.15, -0.1) is 0 Å². The molecule has 2 amide bonds. The minimum absolute atomic E-state index is 0.0762. The van der Waals surface area contributed by atoms with Gasteiger partial charge in [-0.05, 0) is 19.4 Å². The smallest absolute Gasteiger partial charge is 0.290 e. The van der Waals surface area contributed by atoms with Crippen LogP contribution in [0.5, 0.6) is 0 Å². The van der Waals surface area contributed by atoms with Crippen LogP contribution < -0.4 is 0 Å². The average Bonchev–Trinajstić information content (AvgIpc) is 3.15. The second kappa shape index (κ2) is 7.75. The Labute approximate surface area is 165 Å². The second-order valence-corrected chi connectivity index (χ2v) is 7.78. The van der Waals surface area contributed by atoms with Crippen LogP contribution in [-0.4, -0.2) is 74.8 Å². The molecule has 4 rings (SSSR count). The Hall–Kier alpha value is -2.67. The Morgan fingerprint density at radius 2 is 1.75 bits per heavy atom. The predicted octanol–water partition coefficient (Wildman–Crippen LogP) is 1.71. The maximum absolute atomic E-state index is 12.9. The fraction of sp³-hybridized carbons (Fsp3) is 0.476. The molecule has 0 radical (unpaired) electrons. The third-order valence-corrected chi connectivity index (χ3v) is 5.63. The first-order valence-corrected chi connectivity index (χ1v) is 9.96. The lowest BCUT2D eigenvalue weighted by Crippen LogP contribution is -2.50. The summed E-state index contributed by atoms with van der Waals surface area (Å²) < 4.78 is 1.82. The standard InChI is InChI=1S/C21H27N5O2/c1-16(2)23-8-10-24(11-9-23)20(27)18-15-25-12-13-26(21(28)19(25)22-18)14-17-6-4-3-5-7-17/h3-7,15-16H,8-14H2,1-2H3. The maximum atomic E-state index is 12.9. The van der Waals surface area contributed by atoms with Gasteiger partial charge in [0.25, 0.3) is 11.8 Å². The van der Waals surface area contributed by atoms with E-state index in [2.05, 4.69) is 23.7 Å². The molecule has 0 unspecified atom stereocenters. The van der Waals surface area contributed by atoms with Gasteiger partial charge in [-0.3, -0.25) is 14.5 Å². The number of imidazole rings is 1. The Balaban J connectivity index is 1.45. The molecule has 0 spiro atoms. The molecule has 2 aliphatic heterocycles. The van der Waals surface area contributed by atoms with Crippen molar-refractivity contribution in [3.05, 3.63) is 53.6 Å². The molecule has 2 aliphatic rings. The Morgan fingerprint density at radius 3 is 2.43 bits per heavy atom. The fourth-order valence-corrected chi connectivity index (χ4v) is 3.89. The predicted molar refractivity (Wildman–Crippen MR) is 106 cm³/mol. The van der Waals surface area contributed by atoms with Crippen molar-refractivity contribution in [1.29, 1.82) is 0 Å². The lowest BCUT2D eigenvalue weighted by molar-refractivity contribution is 0.0590. The van der Waals surface area contributed by atoms with Crippen LogP contribution in [0.1, 0.15) is 40.5 Å². The normalized spacial score (nSPS) is 17.9. The van der Waals surface area contributed by atoms with Crippen molar-refractivity contribution in [2.45, 2.75) is 33.0 Å². The zero-order valence-electron chi connectivity index (χ0n) is 16.5. The van der Waals surface area contributed by atoms with Crippen molar-refractivity contribution >= 4 is 11.8 Å². The average molecular weight is 381 g/mol. The molecule has 28 heavy (non-hydrogen) atoms. The first-order valence-electron chi connectivity index (χ1n) is 9.96. The summed E-state index contributed by atoms with van der Waals surface area (Å²) in [7, 11) is 0. The molecule has 7 heteroatoms. The van der Waals surface area contributed by atoms with E-state index in [0.29, 0.717) is 50.3 Å². The van der Waals surface area contributed by atoms with Crippen LogP contribution in [0.25, 0.3) is 0 Å². The summed E-state index contributed by atoms with van der Waals surface area (Å²) in [5.41, 5.74) is 1.47. The highest BCUT2D eigenvalue weighted by atomic mass is 16.2. The van der Waals surface area contributed by atoms with E-state index in [1.54, 1.807) is 11.1 Å². The van der Waals surface area contributed by atoms with Crippen LogP contribution in [0.15, 0.2) is 36.5 Å². The van der Waals surface area contributed by atoms with Crippen LogP contribution in [0.2, 0.25) is 0 Å². The molecule has 1 fully saturated rings. The van der Waals surface area contributed by atoms with E-state index in [1.807, 2.05) is 39.8 Å². The van der Waals surface area contributed by atoms with Gasteiger partial charge in [0.2, 0.25) is 0 Å². The first kappa shape index (κ1) is 18.7. The van der Waals surface area contributed by atoms with E-state index in [9.17, 15) is 9.59 Å². The number of carbonyl (C=O) groups is 2. The molecule has 0 aliphatic carbocycles. The maximum Gasteiger partial charge on any atom is 0.290 e. The van der Waals surface area contributed by atoms with Gasteiger partial charge in [-0.2, -0.15) is 0 Å². The molecule has 7 nitrogen and oxygen atoms in total. The molecular weight excluding hydrogens is 354 g/mol. The van der Waals surface area contributed by atoms with Crippen molar-refractivity contribution in [3.8, 4) is 0 Å². The summed E-state index contributed by atoms with van der Waals surface area (Å²) in [5.74, 6) is 0.179. The van der Waals surface area contributed by atoms with Crippen molar-refractivity contribution in [1.82, 2.24) is 24.3 Å². The SMILES string of the molecule is CC(C)N1CCN(C(=O)c2cn3c(n2)C(=O)N(Cc2ccccc2)CC3)CC1. The molecule has 1 aromatic heterocycles. The van der Waals surface area contributed by atoms with Crippen LogP contribution in [-0.2, 0) is 13.1 Å². The molecule has 0 saturated carbocycles. The van der Waals surface area contributed by atoms with E-state index >= 15 is 0 Å². The number of benzene rings is 1. The fourth-order valence-electron chi connectivity index (χ4n) is 3.89. The summed E-state index contributed by atoms with van der Waals surface area (Å²) in [6.07, 6.45) is 1.74. The molecule has 0 atom stereocenters. The topological polar surface area (TPSA) is 61.7 Å². The van der Waals surface area contributed by atoms with Gasteiger partial charge in [0, 0.05) is 58.1 Å². The number of hydrogen-bond acceptors (Lipinski definition) is 4. The highest BCUT2D eigenvalue weighted by molar-refractivity contribution is 5.96. The number of aromatic nitrogens is 2. The van der Waals surface area contributed by atoms with Crippen molar-refractivity contribution in [2.24, 2.45) is 0 Å². The van der Waals surface area contributed by atoms with E-state index in [1.165, 1.54) is 0 Å². The van der Waals surface area contributed by atoms with E-state index in [0.717, 1.165) is 18.7 Å². The largest absolute Gasteiger partial charge is 0.335 e. The lowest BCUT2D eigenvalue weighted by Gasteiger charge is -2.36. The quantitative estimate of drug-likeness (QED) is 0.809. The van der Waals surface area contributed by atoms with Crippen molar-refractivity contribution in [2.75, 3.05) is 32.7 Å². The Bertz CT molecular complexity index is 853. The number of fused-ring (bicyclic) bond motifs is 1. The third kappa shape index (κ3) is 3.67. The van der Waals surface area contributed by atoms with E-state index < -0.39 is 0 Å². The molecule has 0 bridgehead atoms. The van der Waals surface area contributed by atoms with E-state index in [-0.39, 0.29) is 11.8 Å². The highest BCUT2D eigenvalue weighted by Crippen LogP contribution is 2.17. The van der Waals surface area contributed by atoms with Crippen molar-refractivity contribution in [3.63, 3.8) is 0 Å². The number of amides is 2. The van der Waals surface area contributed by atoms with E-state index in [4.69, 9.17) is 0 Å². The molecule has 3 heterocycles. The van der Waals surface area contributed by atoms with Gasteiger partial charge in [0.1, 0.15) is 5.69 Å². The van der Waals surface area contributed by atoms with Gasteiger partial charge < -0.3 is 14.4 Å². The zero-order chi connectivity index (χ0) is 19.7. The van der Waals surface area contributed by atoms with Crippen LogP contribution in [0.4, 0.5) is 0 Å². The Kier molecular flexibility index (Phi) is 5.17. The van der Waals surface area contributed by atoms with Gasteiger partial charge in [0.15, 0.2) is 5.82 Å². The third-order valence-electron chi connectivity index (χ3n) is 5.63. The summed E-state index contributed by atoms with van der Waals surface area (Å²) in [4.78, 5) is 36.2. The summed E-state index contributed by atoms with van der Waals surface area (Å²) in [6, 6.07) is 10.4. The number of carbonyl (C=O) groups excluding carboxylic acids is 2. The molecule has 0 N–H and O–H groups in total. The molecule has 148 valence electrons. The highest BCUT2D eigenvalue weighted by Gasteiger charge is 2.30. The molecule has 1 saturated heterocycles. The molecule has 1 aromatic carbocycles. The van der Waals surface area contributed by atoms with Gasteiger partial charge in [-0.1, -0.05) is 30.3 Å². The minimum atomic E-state index is -0.112. The number of hydrogen-bond donors (Lipinski definition) is 0. The lowest BCUT2D eigenvalue weighted by atomic mass is 10.2. The Morgan fingerprint density at radius 1 is 1.04 bits per heavy atom. The van der Waals surface area contributed by atoms with Crippen LogP contribution in [0, 0.1) is 0 Å². The summed E-state index contributed by atoms with van der Waals surface area (Å²) in [5, 5.41) is 0. The van der Waals surface area contributed by atoms with Crippen LogP contribution >= 0.6 is 0 Å². The van der Waals surface area contributed by atoms with Gasteiger partial charge >= 0.3 is 0 Å². The summed E-state index contributed by atoms with van der Waals surface area (Å²) >= 11 is 0. The first-order chi connectivity index (χ1) is 13.5. The summed E-state index contributed by atoms with van der Waals surface area (Å²) in [6.45, 7) is 9.35. The minimum Gasteiger partial charge on any atom is -0.335 e. The number of piperazine rings is 1. The molecular formula is C21H27N5O2. The van der Waals surface area contributed by atoms with Crippen LogP contribution in [0.3, 0.4) is 0 Å². The molecule has 2 aromatic rings. The zero-order valence-corrected chi connectivity index (χ0v) is 16.5.